The van der Waals surface area contributed by atoms with Gasteiger partial charge in [-0.25, -0.2) is 4.98 Å². The van der Waals surface area contributed by atoms with Gasteiger partial charge >= 0.3 is 0 Å². The molecule has 0 radical (unpaired) electrons. The number of pyridine rings is 1. The van der Waals surface area contributed by atoms with E-state index < -0.39 is 0 Å². The summed E-state index contributed by atoms with van der Waals surface area (Å²) in [6.45, 7) is 7.16. The molecule has 2 atom stereocenters. The molecule has 1 saturated heterocycles. The molecule has 1 aliphatic carbocycles. The maximum absolute atomic E-state index is 6.12. The van der Waals surface area contributed by atoms with E-state index in [0.717, 1.165) is 37.0 Å². The Labute approximate surface area is 127 Å². The standard InChI is InChI=1S/C17H26N2O2/c1-11-6-14(10-18-15-4-5-15)9-17(19-11)21-16-7-12(2)20-13(3)8-16/h6,9,12-13,15-16,18H,4-5,7-8,10H2,1-3H3. The van der Waals surface area contributed by atoms with Gasteiger partial charge in [-0.3, -0.25) is 0 Å². The second-order valence-electron chi connectivity index (χ2n) is 6.58. The van der Waals surface area contributed by atoms with Crippen molar-refractivity contribution >= 4 is 0 Å². The van der Waals surface area contributed by atoms with E-state index in [4.69, 9.17) is 9.47 Å². The van der Waals surface area contributed by atoms with Gasteiger partial charge in [0, 0.05) is 37.2 Å². The molecule has 1 aromatic heterocycles. The smallest absolute Gasteiger partial charge is 0.214 e. The van der Waals surface area contributed by atoms with Gasteiger partial charge in [-0.15, -0.1) is 0 Å². The number of hydrogen-bond acceptors (Lipinski definition) is 4. The Morgan fingerprint density at radius 2 is 1.95 bits per heavy atom. The van der Waals surface area contributed by atoms with Crippen LogP contribution in [0, 0.1) is 6.92 Å². The lowest BCUT2D eigenvalue weighted by Crippen LogP contribution is -2.35. The van der Waals surface area contributed by atoms with Crippen molar-refractivity contribution in [2.75, 3.05) is 0 Å². The van der Waals surface area contributed by atoms with E-state index in [0.29, 0.717) is 0 Å². The summed E-state index contributed by atoms with van der Waals surface area (Å²) >= 11 is 0. The second kappa shape index (κ2) is 6.32. The molecule has 1 aromatic rings. The lowest BCUT2D eigenvalue weighted by molar-refractivity contribution is -0.0729. The van der Waals surface area contributed by atoms with E-state index in [1.54, 1.807) is 0 Å². The van der Waals surface area contributed by atoms with Crippen molar-refractivity contribution in [2.45, 2.75) is 77.4 Å². The predicted octanol–water partition coefficient (Wildman–Crippen LogP) is 2.98. The quantitative estimate of drug-likeness (QED) is 0.905. The van der Waals surface area contributed by atoms with E-state index in [-0.39, 0.29) is 18.3 Å². The fourth-order valence-electron chi connectivity index (χ4n) is 3.03. The zero-order valence-electron chi connectivity index (χ0n) is 13.3. The third kappa shape index (κ3) is 4.42. The van der Waals surface area contributed by atoms with Crippen LogP contribution in [0.4, 0.5) is 0 Å². The molecule has 2 fully saturated rings. The first-order valence-electron chi connectivity index (χ1n) is 8.11. The van der Waals surface area contributed by atoms with Crippen molar-refractivity contribution in [2.24, 2.45) is 0 Å². The van der Waals surface area contributed by atoms with Gasteiger partial charge in [-0.2, -0.15) is 0 Å². The summed E-state index contributed by atoms with van der Waals surface area (Å²) in [5.74, 6) is 0.758. The van der Waals surface area contributed by atoms with Gasteiger partial charge in [0.2, 0.25) is 5.88 Å². The fourth-order valence-corrected chi connectivity index (χ4v) is 3.03. The first-order chi connectivity index (χ1) is 10.1. The van der Waals surface area contributed by atoms with E-state index in [9.17, 15) is 0 Å². The first-order valence-corrected chi connectivity index (χ1v) is 8.11. The molecule has 1 aliphatic heterocycles. The second-order valence-corrected chi connectivity index (χ2v) is 6.58. The van der Waals surface area contributed by atoms with Crippen LogP contribution >= 0.6 is 0 Å². The summed E-state index contributed by atoms with van der Waals surface area (Å²) in [4.78, 5) is 4.53. The highest BCUT2D eigenvalue weighted by molar-refractivity contribution is 5.25. The molecule has 2 heterocycles. The molecule has 2 unspecified atom stereocenters. The predicted molar refractivity (Wildman–Crippen MR) is 82.5 cm³/mol. The van der Waals surface area contributed by atoms with Crippen molar-refractivity contribution in [3.05, 3.63) is 23.4 Å². The van der Waals surface area contributed by atoms with E-state index >= 15 is 0 Å². The van der Waals surface area contributed by atoms with Gasteiger partial charge in [0.15, 0.2) is 0 Å². The van der Waals surface area contributed by atoms with Crippen molar-refractivity contribution in [3.8, 4) is 5.88 Å². The SMILES string of the molecule is Cc1cc(CNC2CC2)cc(OC2CC(C)OC(C)C2)n1. The Bertz CT molecular complexity index is 478. The molecule has 0 bridgehead atoms. The topological polar surface area (TPSA) is 43.4 Å². The largest absolute Gasteiger partial charge is 0.474 e. The maximum Gasteiger partial charge on any atom is 0.214 e. The monoisotopic (exact) mass is 290 g/mol. The molecule has 2 aliphatic rings. The van der Waals surface area contributed by atoms with Gasteiger partial charge in [-0.1, -0.05) is 0 Å². The van der Waals surface area contributed by atoms with Crippen LogP contribution in [0.2, 0.25) is 0 Å². The first kappa shape index (κ1) is 14.8. The van der Waals surface area contributed by atoms with Crippen LogP contribution in [-0.4, -0.2) is 29.3 Å². The number of hydrogen-bond donors (Lipinski definition) is 1. The summed E-state index contributed by atoms with van der Waals surface area (Å²) in [5.41, 5.74) is 2.28. The van der Waals surface area contributed by atoms with Crippen LogP contribution in [0.25, 0.3) is 0 Å². The molecule has 0 aromatic carbocycles. The molecule has 1 saturated carbocycles. The highest BCUT2D eigenvalue weighted by atomic mass is 16.5. The number of nitrogens with zero attached hydrogens (tertiary/aromatic N) is 1. The molecule has 4 heteroatoms. The van der Waals surface area contributed by atoms with Crippen LogP contribution in [0.5, 0.6) is 5.88 Å². The average molecular weight is 290 g/mol. The van der Waals surface area contributed by atoms with Gasteiger partial charge in [0.05, 0.1) is 12.2 Å². The third-order valence-electron chi connectivity index (χ3n) is 4.10. The summed E-state index contributed by atoms with van der Waals surface area (Å²) in [5, 5.41) is 3.54. The minimum atomic E-state index is 0.210. The highest BCUT2D eigenvalue weighted by Crippen LogP contribution is 2.24. The Kier molecular flexibility index (Phi) is 4.45. The Hall–Kier alpha value is -1.13. The normalized spacial score (nSPS) is 29.4. The lowest BCUT2D eigenvalue weighted by atomic mass is 10.0. The molecule has 3 rings (SSSR count). The summed E-state index contributed by atoms with van der Waals surface area (Å²) in [6.07, 6.45) is 5.24. The van der Waals surface area contributed by atoms with Crippen LogP contribution in [-0.2, 0) is 11.3 Å². The minimum absolute atomic E-state index is 0.210. The Balaban J connectivity index is 1.63. The molecule has 0 amide bonds. The average Bonchev–Trinajstić information content (AvgIpc) is 3.18. The number of aromatic nitrogens is 1. The number of aryl methyl sites for hydroxylation is 1. The highest BCUT2D eigenvalue weighted by Gasteiger charge is 2.26. The van der Waals surface area contributed by atoms with Crippen LogP contribution < -0.4 is 10.1 Å². The Morgan fingerprint density at radius 3 is 2.62 bits per heavy atom. The maximum atomic E-state index is 6.12. The van der Waals surface area contributed by atoms with Crippen molar-refractivity contribution in [3.63, 3.8) is 0 Å². The van der Waals surface area contributed by atoms with Gasteiger partial charge in [0.25, 0.3) is 0 Å². The molecule has 116 valence electrons. The van der Waals surface area contributed by atoms with Crippen molar-refractivity contribution < 1.29 is 9.47 Å². The zero-order chi connectivity index (χ0) is 14.8. The lowest BCUT2D eigenvalue weighted by Gasteiger charge is -2.32. The van der Waals surface area contributed by atoms with E-state index in [2.05, 4.69) is 36.3 Å². The van der Waals surface area contributed by atoms with E-state index in [1.807, 2.05) is 6.92 Å². The molecular weight excluding hydrogens is 264 g/mol. The zero-order valence-corrected chi connectivity index (χ0v) is 13.3. The molecule has 1 N–H and O–H groups in total. The number of nitrogens with one attached hydrogen (secondary N) is 1. The summed E-state index contributed by atoms with van der Waals surface area (Å²) < 4.78 is 11.9. The van der Waals surface area contributed by atoms with Crippen LogP contribution in [0.15, 0.2) is 12.1 Å². The molecule has 4 nitrogen and oxygen atoms in total. The van der Waals surface area contributed by atoms with Gasteiger partial charge < -0.3 is 14.8 Å². The molecule has 0 spiro atoms. The van der Waals surface area contributed by atoms with Gasteiger partial charge in [0.1, 0.15) is 6.10 Å². The van der Waals surface area contributed by atoms with Crippen LogP contribution in [0.1, 0.15) is 50.8 Å². The van der Waals surface area contributed by atoms with Crippen LogP contribution in [0.3, 0.4) is 0 Å². The summed E-state index contributed by atoms with van der Waals surface area (Å²) in [6, 6.07) is 4.94. The molecule has 21 heavy (non-hydrogen) atoms. The number of rotatable bonds is 5. The van der Waals surface area contributed by atoms with Gasteiger partial charge in [-0.05, 0) is 45.2 Å². The van der Waals surface area contributed by atoms with Crippen molar-refractivity contribution in [1.82, 2.24) is 10.3 Å². The number of ether oxygens (including phenoxy) is 2. The Morgan fingerprint density at radius 1 is 1.24 bits per heavy atom. The molecular formula is C17H26N2O2. The minimum Gasteiger partial charge on any atom is -0.474 e. The summed E-state index contributed by atoms with van der Waals surface area (Å²) in [7, 11) is 0. The van der Waals surface area contributed by atoms with E-state index in [1.165, 1.54) is 18.4 Å². The van der Waals surface area contributed by atoms with Crippen molar-refractivity contribution in [1.29, 1.82) is 0 Å². The third-order valence-corrected chi connectivity index (χ3v) is 4.10. The fraction of sp³-hybridized carbons (Fsp3) is 0.706.